The van der Waals surface area contributed by atoms with E-state index in [9.17, 15) is 19.5 Å². The Labute approximate surface area is 303 Å². The zero-order chi connectivity index (χ0) is 36.5. The maximum Gasteiger partial charge on any atom is 0.303 e. The minimum absolute atomic E-state index is 0.0692. The molecule has 1 amide bonds. The number of carboxylic acid groups (broad SMARTS) is 1. The van der Waals surface area contributed by atoms with E-state index in [4.69, 9.17) is 9.84 Å². The normalized spacial score (nSPS) is 40.1. The lowest BCUT2D eigenvalue weighted by Crippen LogP contribution is -2.67. The van der Waals surface area contributed by atoms with Crippen LogP contribution in [-0.4, -0.2) is 47.3 Å². The monoisotopic (exact) mass is 698 g/mol. The number of aliphatic hydroxyl groups is 1. The van der Waals surface area contributed by atoms with Crippen molar-refractivity contribution in [3.05, 3.63) is 12.2 Å². The summed E-state index contributed by atoms with van der Waals surface area (Å²) in [5.74, 6) is 1.20. The summed E-state index contributed by atoms with van der Waals surface area (Å²) < 4.78 is 5.52. The maximum absolute atomic E-state index is 14.5. The highest BCUT2D eigenvalue weighted by atomic mass is 16.5. The number of esters is 1. The van der Waals surface area contributed by atoms with Crippen LogP contribution in [0.2, 0.25) is 0 Å². The SMILES string of the molecule is C=C(COC(C)=O)[C@@H]1CC[C@]2(C(=O)NCCCCCCCCCCC(=O)O)CC[C@]3(C)[C@H](CCC4[C@@]5(C)CC[C@H](O)C(C)(C)[C@@H]5CC[C@]43C)[C@@H]12. The van der Waals surface area contributed by atoms with Crippen molar-refractivity contribution in [1.82, 2.24) is 5.32 Å². The number of amides is 1. The number of ether oxygens (including phenoxy) is 1. The van der Waals surface area contributed by atoms with Gasteiger partial charge in [0.15, 0.2) is 0 Å². The van der Waals surface area contributed by atoms with E-state index in [2.05, 4.69) is 46.5 Å². The highest BCUT2D eigenvalue weighted by molar-refractivity contribution is 5.84. The van der Waals surface area contributed by atoms with Crippen molar-refractivity contribution in [2.45, 2.75) is 170 Å². The molecule has 0 aliphatic heterocycles. The van der Waals surface area contributed by atoms with Gasteiger partial charge in [0.1, 0.15) is 6.61 Å². The first-order chi connectivity index (χ1) is 23.5. The van der Waals surface area contributed by atoms with Gasteiger partial charge in [-0.2, -0.15) is 0 Å². The van der Waals surface area contributed by atoms with E-state index in [1.165, 1.54) is 26.2 Å². The molecule has 7 heteroatoms. The lowest BCUT2D eigenvalue weighted by Gasteiger charge is -2.72. The minimum Gasteiger partial charge on any atom is -0.481 e. The second-order valence-corrected chi connectivity index (χ2v) is 19.0. The van der Waals surface area contributed by atoms with Gasteiger partial charge < -0.3 is 20.3 Å². The molecule has 0 aromatic carbocycles. The quantitative estimate of drug-likeness (QED) is 0.0894. The van der Waals surface area contributed by atoms with Crippen LogP contribution >= 0.6 is 0 Å². The number of aliphatic carboxylic acids is 1. The molecule has 5 saturated carbocycles. The number of carbonyl (C=O) groups excluding carboxylic acids is 2. The molecule has 1 unspecified atom stereocenters. The van der Waals surface area contributed by atoms with Crippen LogP contribution in [0.3, 0.4) is 0 Å². The summed E-state index contributed by atoms with van der Waals surface area (Å²) in [7, 11) is 0. The Balaban J connectivity index is 1.29. The summed E-state index contributed by atoms with van der Waals surface area (Å²) in [5, 5.41) is 23.4. The molecule has 5 aliphatic carbocycles. The molecule has 5 fully saturated rings. The highest BCUT2D eigenvalue weighted by Gasteiger charge is 2.72. The fraction of sp³-hybridized carbons (Fsp3) is 0.884. The van der Waals surface area contributed by atoms with Gasteiger partial charge in [-0.1, -0.05) is 79.7 Å². The molecule has 0 radical (unpaired) electrons. The van der Waals surface area contributed by atoms with E-state index in [0.29, 0.717) is 24.3 Å². The summed E-state index contributed by atoms with van der Waals surface area (Å²) in [6, 6.07) is 0. The lowest BCUT2D eigenvalue weighted by atomic mass is 9.32. The van der Waals surface area contributed by atoms with Crippen LogP contribution in [0.1, 0.15) is 164 Å². The standard InChI is InChI=1S/C43H71NO6/c1-29(28-50-30(2)45)31-19-24-43(38(49)44-27-15-13-11-9-8-10-12-14-16-36(47)48)26-25-41(6)32(37(31)43)17-18-34-40(5)22-21-35(46)39(3,4)33(40)20-23-42(34,41)7/h31-35,37,46H,1,8-28H2,2-7H3,(H,44,49)(H,47,48)/t31-,32+,33-,34?,35-,37+,40-,41+,42+,43-/m0/s1. The first-order valence-electron chi connectivity index (χ1n) is 20.5. The van der Waals surface area contributed by atoms with Crippen LogP contribution in [0.4, 0.5) is 0 Å². The van der Waals surface area contributed by atoms with Gasteiger partial charge in [-0.05, 0) is 134 Å². The van der Waals surface area contributed by atoms with Crippen LogP contribution in [0.25, 0.3) is 0 Å². The Hall–Kier alpha value is -1.89. The largest absolute Gasteiger partial charge is 0.481 e. The number of hydrogen-bond acceptors (Lipinski definition) is 5. The summed E-state index contributed by atoms with van der Waals surface area (Å²) in [6.07, 6.45) is 18.9. The van der Waals surface area contributed by atoms with Crippen LogP contribution in [-0.2, 0) is 19.1 Å². The van der Waals surface area contributed by atoms with Crippen LogP contribution in [0.5, 0.6) is 0 Å². The molecule has 0 aromatic rings. The van der Waals surface area contributed by atoms with Gasteiger partial charge in [-0.3, -0.25) is 14.4 Å². The third kappa shape index (κ3) is 6.96. The number of hydrogen-bond donors (Lipinski definition) is 3. The van der Waals surface area contributed by atoms with E-state index in [1.807, 2.05) is 0 Å². The first-order valence-corrected chi connectivity index (χ1v) is 20.5. The van der Waals surface area contributed by atoms with Crippen LogP contribution < -0.4 is 5.32 Å². The van der Waals surface area contributed by atoms with Gasteiger partial charge in [0.05, 0.1) is 11.5 Å². The Morgan fingerprint density at radius 3 is 2.08 bits per heavy atom. The molecule has 0 bridgehead atoms. The van der Waals surface area contributed by atoms with Crippen molar-refractivity contribution in [3.8, 4) is 0 Å². The van der Waals surface area contributed by atoms with Gasteiger partial charge in [0.25, 0.3) is 0 Å². The smallest absolute Gasteiger partial charge is 0.303 e. The number of aliphatic hydroxyl groups excluding tert-OH is 1. The predicted octanol–water partition coefficient (Wildman–Crippen LogP) is 9.26. The van der Waals surface area contributed by atoms with Crippen molar-refractivity contribution in [2.75, 3.05) is 13.2 Å². The molecule has 284 valence electrons. The molecule has 0 saturated heterocycles. The molecule has 3 N–H and O–H groups in total. The number of carboxylic acids is 1. The number of fused-ring (bicyclic) bond motifs is 7. The van der Waals surface area contributed by atoms with Crippen molar-refractivity contribution < 1.29 is 29.3 Å². The van der Waals surface area contributed by atoms with Crippen molar-refractivity contribution in [1.29, 1.82) is 0 Å². The Morgan fingerprint density at radius 2 is 1.42 bits per heavy atom. The van der Waals surface area contributed by atoms with Gasteiger partial charge >= 0.3 is 11.9 Å². The van der Waals surface area contributed by atoms with E-state index < -0.39 is 11.4 Å². The Bertz CT molecular complexity index is 1260. The van der Waals surface area contributed by atoms with Gasteiger partial charge in [0, 0.05) is 19.9 Å². The average molecular weight is 698 g/mol. The molecular weight excluding hydrogens is 626 g/mol. The van der Waals surface area contributed by atoms with Crippen LogP contribution in [0, 0.1) is 56.7 Å². The molecule has 5 aliphatic rings. The van der Waals surface area contributed by atoms with Gasteiger partial charge in [-0.15, -0.1) is 0 Å². The van der Waals surface area contributed by atoms with E-state index in [0.717, 1.165) is 102 Å². The van der Waals surface area contributed by atoms with Crippen molar-refractivity contribution >= 4 is 17.8 Å². The summed E-state index contributed by atoms with van der Waals surface area (Å²) in [6.45, 7) is 19.3. The molecule has 0 spiro atoms. The second-order valence-electron chi connectivity index (χ2n) is 19.0. The lowest BCUT2D eigenvalue weighted by molar-refractivity contribution is -0.246. The highest BCUT2D eigenvalue weighted by Crippen LogP contribution is 2.77. The molecular formula is C43H71NO6. The molecule has 7 nitrogen and oxygen atoms in total. The predicted molar refractivity (Wildman–Crippen MR) is 198 cm³/mol. The summed E-state index contributed by atoms with van der Waals surface area (Å²) in [5.41, 5.74) is 1.01. The third-order valence-electron chi connectivity index (χ3n) is 16.5. The molecule has 10 atom stereocenters. The van der Waals surface area contributed by atoms with Crippen molar-refractivity contribution in [2.24, 2.45) is 56.7 Å². The topological polar surface area (TPSA) is 113 Å². The number of rotatable bonds is 15. The zero-order valence-corrected chi connectivity index (χ0v) is 32.5. The fourth-order valence-electron chi connectivity index (χ4n) is 13.6. The fourth-order valence-corrected chi connectivity index (χ4v) is 13.6. The molecule has 5 rings (SSSR count). The molecule has 0 heterocycles. The second kappa shape index (κ2) is 15.2. The number of nitrogens with one attached hydrogen (secondary N) is 1. The molecule has 0 aromatic heterocycles. The number of carbonyl (C=O) groups is 3. The van der Waals surface area contributed by atoms with E-state index >= 15 is 0 Å². The Morgan fingerprint density at radius 1 is 0.760 bits per heavy atom. The summed E-state index contributed by atoms with van der Waals surface area (Å²) in [4.78, 5) is 37.1. The van der Waals surface area contributed by atoms with Crippen molar-refractivity contribution in [3.63, 3.8) is 0 Å². The number of unbranched alkanes of at least 4 members (excludes halogenated alkanes) is 7. The molecule has 50 heavy (non-hydrogen) atoms. The Kier molecular flexibility index (Phi) is 12.0. The summed E-state index contributed by atoms with van der Waals surface area (Å²) >= 11 is 0. The van der Waals surface area contributed by atoms with Gasteiger partial charge in [-0.25, -0.2) is 0 Å². The zero-order valence-electron chi connectivity index (χ0n) is 32.5. The maximum atomic E-state index is 14.5. The van der Waals surface area contributed by atoms with Crippen LogP contribution in [0.15, 0.2) is 12.2 Å². The average Bonchev–Trinajstić information content (AvgIpc) is 3.45. The third-order valence-corrected chi connectivity index (χ3v) is 16.5. The first kappa shape index (κ1) is 39.3. The van der Waals surface area contributed by atoms with E-state index in [-0.39, 0.29) is 64.5 Å². The van der Waals surface area contributed by atoms with E-state index in [1.54, 1.807) is 0 Å². The minimum atomic E-state index is -0.704. The van der Waals surface area contributed by atoms with Gasteiger partial charge in [0.2, 0.25) is 5.91 Å².